The van der Waals surface area contributed by atoms with E-state index in [1.807, 2.05) is 44.2 Å². The van der Waals surface area contributed by atoms with Crippen molar-refractivity contribution in [3.05, 3.63) is 29.8 Å². The van der Waals surface area contributed by atoms with Gasteiger partial charge < -0.3 is 15.2 Å². The fourth-order valence-electron chi connectivity index (χ4n) is 1.42. The highest BCUT2D eigenvalue weighted by atomic mass is 16.5. The van der Waals surface area contributed by atoms with Crippen LogP contribution in [0, 0.1) is 11.3 Å². The molecule has 18 heavy (non-hydrogen) atoms. The zero-order valence-electron chi connectivity index (χ0n) is 10.9. The largest absolute Gasteiger partial charge is 0.479 e. The van der Waals surface area contributed by atoms with Crippen LogP contribution >= 0.6 is 0 Å². The molecule has 0 heterocycles. The molecule has 0 spiro atoms. The Labute approximate surface area is 108 Å². The number of rotatable bonds is 7. The van der Waals surface area contributed by atoms with Crippen molar-refractivity contribution in [2.75, 3.05) is 13.2 Å². The topological polar surface area (TPSA) is 65.3 Å². The average molecular weight is 248 g/mol. The zero-order chi connectivity index (χ0) is 13.4. The van der Waals surface area contributed by atoms with E-state index in [9.17, 15) is 5.11 Å². The highest BCUT2D eigenvalue weighted by Crippen LogP contribution is 2.12. The fraction of sp³-hybridized carbons (Fsp3) is 0.500. The third-order valence-electron chi connectivity index (χ3n) is 2.82. The molecule has 1 rings (SSSR count). The number of ether oxygens (including phenoxy) is 1. The summed E-state index contributed by atoms with van der Waals surface area (Å²) in [5, 5.41) is 21.4. The summed E-state index contributed by atoms with van der Waals surface area (Å²) in [6, 6.07) is 9.49. The third-order valence-corrected chi connectivity index (χ3v) is 2.82. The van der Waals surface area contributed by atoms with E-state index in [0.29, 0.717) is 18.8 Å². The van der Waals surface area contributed by atoms with Crippen LogP contribution in [0.3, 0.4) is 0 Å². The normalized spacial score (nSPS) is 13.7. The zero-order valence-corrected chi connectivity index (χ0v) is 10.9. The predicted octanol–water partition coefficient (Wildman–Crippen LogP) is 1.84. The van der Waals surface area contributed by atoms with Crippen molar-refractivity contribution in [3.63, 3.8) is 0 Å². The minimum Gasteiger partial charge on any atom is -0.479 e. The first-order valence-electron chi connectivity index (χ1n) is 6.09. The first-order chi connectivity index (χ1) is 8.57. The van der Waals surface area contributed by atoms with Gasteiger partial charge in [0.1, 0.15) is 11.8 Å². The molecule has 0 aliphatic rings. The molecule has 0 aromatic heterocycles. The Balaban J connectivity index is 2.38. The average Bonchev–Trinajstić information content (AvgIpc) is 2.38. The van der Waals surface area contributed by atoms with Crippen LogP contribution in [0.15, 0.2) is 24.3 Å². The lowest BCUT2D eigenvalue weighted by Gasteiger charge is -2.21. The van der Waals surface area contributed by atoms with Gasteiger partial charge in [-0.15, -0.1) is 0 Å². The van der Waals surface area contributed by atoms with E-state index in [0.717, 1.165) is 12.0 Å². The Hall–Kier alpha value is -1.57. The van der Waals surface area contributed by atoms with Gasteiger partial charge in [-0.3, -0.25) is 0 Å². The molecule has 4 heteroatoms. The summed E-state index contributed by atoms with van der Waals surface area (Å²) in [5.74, 6) is 0.695. The van der Waals surface area contributed by atoms with Gasteiger partial charge in [0.2, 0.25) is 0 Å². The minimum atomic E-state index is -0.657. The van der Waals surface area contributed by atoms with Crippen molar-refractivity contribution in [1.29, 1.82) is 5.26 Å². The van der Waals surface area contributed by atoms with E-state index in [1.165, 1.54) is 0 Å². The molecule has 0 saturated carbocycles. The van der Waals surface area contributed by atoms with E-state index in [4.69, 9.17) is 10.00 Å². The van der Waals surface area contributed by atoms with E-state index in [-0.39, 0.29) is 6.61 Å². The molecule has 98 valence electrons. The molecule has 4 nitrogen and oxygen atoms in total. The molecule has 1 atom stereocenters. The lowest BCUT2D eigenvalue weighted by Crippen LogP contribution is -2.36. The van der Waals surface area contributed by atoms with Crippen LogP contribution < -0.4 is 10.1 Å². The summed E-state index contributed by atoms with van der Waals surface area (Å²) < 4.78 is 5.16. The third kappa shape index (κ3) is 5.17. The minimum absolute atomic E-state index is 0.0664. The number of benzene rings is 1. The summed E-state index contributed by atoms with van der Waals surface area (Å²) in [5.41, 5.74) is 0.460. The van der Waals surface area contributed by atoms with Gasteiger partial charge in [0.15, 0.2) is 6.61 Å². The van der Waals surface area contributed by atoms with Crippen LogP contribution in [0.4, 0.5) is 0 Å². The lowest BCUT2D eigenvalue weighted by atomic mass is 10.0. The van der Waals surface area contributed by atoms with Crippen LogP contribution in [-0.4, -0.2) is 23.9 Å². The summed E-state index contributed by atoms with van der Waals surface area (Å²) in [6.45, 7) is 5.11. The Kier molecular flexibility index (Phi) is 5.63. The summed E-state index contributed by atoms with van der Waals surface area (Å²) >= 11 is 0. The monoisotopic (exact) mass is 248 g/mol. The van der Waals surface area contributed by atoms with Gasteiger partial charge in [-0.25, -0.2) is 0 Å². The molecule has 2 N–H and O–H groups in total. The molecular weight excluding hydrogens is 228 g/mol. The van der Waals surface area contributed by atoms with Crippen molar-refractivity contribution in [2.45, 2.75) is 32.4 Å². The van der Waals surface area contributed by atoms with Crippen molar-refractivity contribution in [3.8, 4) is 11.8 Å². The Morgan fingerprint density at radius 3 is 2.61 bits per heavy atom. The maximum Gasteiger partial charge on any atom is 0.174 e. The lowest BCUT2D eigenvalue weighted by molar-refractivity contribution is 0.0555. The molecule has 1 aromatic rings. The van der Waals surface area contributed by atoms with Crippen molar-refractivity contribution >= 4 is 0 Å². The summed E-state index contributed by atoms with van der Waals surface area (Å²) in [7, 11) is 0. The SMILES string of the molecule is CCC(C)(O)CNCc1ccc(OCC#N)cc1. The number of nitrogens with zero attached hydrogens (tertiary/aromatic N) is 1. The molecule has 0 aliphatic carbocycles. The maximum atomic E-state index is 9.83. The maximum absolute atomic E-state index is 9.83. The first-order valence-corrected chi connectivity index (χ1v) is 6.09. The van der Waals surface area contributed by atoms with Gasteiger partial charge in [-0.1, -0.05) is 19.1 Å². The fourth-order valence-corrected chi connectivity index (χ4v) is 1.42. The number of nitriles is 1. The molecule has 0 amide bonds. The molecule has 1 aromatic carbocycles. The Bertz CT molecular complexity index is 393. The molecule has 0 saturated heterocycles. The van der Waals surface area contributed by atoms with Crippen LogP contribution in [0.1, 0.15) is 25.8 Å². The summed E-state index contributed by atoms with van der Waals surface area (Å²) in [4.78, 5) is 0. The number of hydrogen-bond acceptors (Lipinski definition) is 4. The van der Waals surface area contributed by atoms with Gasteiger partial charge in [0, 0.05) is 13.1 Å². The van der Waals surface area contributed by atoms with Crippen LogP contribution in [-0.2, 0) is 6.54 Å². The van der Waals surface area contributed by atoms with Crippen LogP contribution in [0.5, 0.6) is 5.75 Å². The quantitative estimate of drug-likeness (QED) is 0.772. The van der Waals surface area contributed by atoms with Gasteiger partial charge in [0.25, 0.3) is 0 Å². The number of aliphatic hydroxyl groups is 1. The van der Waals surface area contributed by atoms with E-state index in [1.54, 1.807) is 0 Å². The van der Waals surface area contributed by atoms with Crippen molar-refractivity contribution < 1.29 is 9.84 Å². The Morgan fingerprint density at radius 2 is 2.06 bits per heavy atom. The van der Waals surface area contributed by atoms with E-state index in [2.05, 4.69) is 5.32 Å². The molecule has 0 bridgehead atoms. The predicted molar refractivity (Wildman–Crippen MR) is 70.2 cm³/mol. The van der Waals surface area contributed by atoms with E-state index >= 15 is 0 Å². The second-order valence-corrected chi connectivity index (χ2v) is 4.54. The second kappa shape index (κ2) is 7.00. The summed E-state index contributed by atoms with van der Waals surface area (Å²) in [6.07, 6.45) is 0.723. The molecule has 0 fully saturated rings. The molecular formula is C14H20N2O2. The van der Waals surface area contributed by atoms with Crippen molar-refractivity contribution in [1.82, 2.24) is 5.32 Å². The first kappa shape index (κ1) is 14.5. The van der Waals surface area contributed by atoms with Crippen molar-refractivity contribution in [2.24, 2.45) is 0 Å². The number of nitrogens with one attached hydrogen (secondary N) is 1. The van der Waals surface area contributed by atoms with Crippen LogP contribution in [0.25, 0.3) is 0 Å². The Morgan fingerprint density at radius 1 is 1.39 bits per heavy atom. The molecule has 0 radical (unpaired) electrons. The van der Waals surface area contributed by atoms with Gasteiger partial charge in [0.05, 0.1) is 5.60 Å². The highest BCUT2D eigenvalue weighted by Gasteiger charge is 2.16. The second-order valence-electron chi connectivity index (χ2n) is 4.54. The van der Waals surface area contributed by atoms with Gasteiger partial charge >= 0.3 is 0 Å². The standard InChI is InChI=1S/C14H20N2O2/c1-3-14(2,17)11-16-10-12-4-6-13(7-5-12)18-9-8-15/h4-7,16-17H,3,9-11H2,1-2H3. The smallest absolute Gasteiger partial charge is 0.174 e. The molecule has 0 aliphatic heterocycles. The molecule has 1 unspecified atom stereocenters. The van der Waals surface area contributed by atoms with Gasteiger partial charge in [-0.2, -0.15) is 5.26 Å². The number of hydrogen-bond donors (Lipinski definition) is 2. The van der Waals surface area contributed by atoms with E-state index < -0.39 is 5.60 Å². The van der Waals surface area contributed by atoms with Crippen LogP contribution in [0.2, 0.25) is 0 Å². The highest BCUT2D eigenvalue weighted by molar-refractivity contribution is 5.27. The van der Waals surface area contributed by atoms with Gasteiger partial charge in [-0.05, 0) is 31.0 Å².